The summed E-state index contributed by atoms with van der Waals surface area (Å²) in [5.41, 5.74) is 0.517. The van der Waals surface area contributed by atoms with E-state index in [1.54, 1.807) is 37.6 Å². The molecule has 1 unspecified atom stereocenters. The number of rotatable bonds is 6. The molecule has 1 aromatic carbocycles. The van der Waals surface area contributed by atoms with Crippen LogP contribution in [0.1, 0.15) is 20.3 Å². The molecule has 28 heavy (non-hydrogen) atoms. The van der Waals surface area contributed by atoms with Crippen LogP contribution >= 0.6 is 11.6 Å². The Morgan fingerprint density at radius 3 is 2.75 bits per heavy atom. The third-order valence-electron chi connectivity index (χ3n) is 4.58. The van der Waals surface area contributed by atoms with E-state index < -0.39 is 6.09 Å². The molecule has 0 spiro atoms. The van der Waals surface area contributed by atoms with Crippen LogP contribution in [-0.2, 0) is 7.05 Å². The van der Waals surface area contributed by atoms with Crippen molar-refractivity contribution in [2.45, 2.75) is 26.3 Å². The van der Waals surface area contributed by atoms with Gasteiger partial charge in [0.05, 0.1) is 22.0 Å². The van der Waals surface area contributed by atoms with Crippen LogP contribution in [0.5, 0.6) is 5.75 Å². The molecule has 0 radical (unpaired) electrons. The molecule has 2 aromatic heterocycles. The van der Waals surface area contributed by atoms with Crippen LogP contribution in [0.4, 0.5) is 4.79 Å². The zero-order chi connectivity index (χ0) is 20.4. The molecule has 1 amide bonds. The number of nitrogens with zero attached hydrogens (tertiary/aromatic N) is 2. The number of amides is 1. The topological polar surface area (TPSA) is 93.5 Å². The molecule has 148 valence electrons. The van der Waals surface area contributed by atoms with E-state index >= 15 is 0 Å². The fourth-order valence-electron chi connectivity index (χ4n) is 3.34. The first-order valence-corrected chi connectivity index (χ1v) is 9.34. The number of benzene rings is 1. The first kappa shape index (κ1) is 19.9. The molecule has 2 heterocycles. The maximum atomic E-state index is 12.6. The van der Waals surface area contributed by atoms with Crippen LogP contribution in [0.25, 0.3) is 21.7 Å². The molecule has 0 aliphatic heterocycles. The van der Waals surface area contributed by atoms with Gasteiger partial charge in [-0.05, 0) is 29.9 Å². The number of aromatic nitrogens is 2. The molecule has 7 nitrogen and oxygen atoms in total. The minimum atomic E-state index is -1.10. The molecule has 0 aliphatic rings. The summed E-state index contributed by atoms with van der Waals surface area (Å²) in [6.45, 7) is 4.16. The summed E-state index contributed by atoms with van der Waals surface area (Å²) in [5, 5.41) is 14.0. The van der Waals surface area contributed by atoms with Gasteiger partial charge in [0.25, 0.3) is 5.56 Å². The van der Waals surface area contributed by atoms with Gasteiger partial charge in [0.2, 0.25) is 0 Å². The number of pyridine rings is 2. The van der Waals surface area contributed by atoms with Crippen LogP contribution in [0, 0.1) is 5.92 Å². The highest BCUT2D eigenvalue weighted by Crippen LogP contribution is 2.32. The van der Waals surface area contributed by atoms with Crippen LogP contribution in [0.3, 0.4) is 0 Å². The Hall–Kier alpha value is -2.80. The number of carbonyl (C=O) groups is 1. The Labute approximate surface area is 166 Å². The van der Waals surface area contributed by atoms with Gasteiger partial charge >= 0.3 is 6.09 Å². The van der Waals surface area contributed by atoms with Gasteiger partial charge in [-0.1, -0.05) is 25.4 Å². The number of aryl methyl sites for hydroxylation is 1. The van der Waals surface area contributed by atoms with Gasteiger partial charge < -0.3 is 19.7 Å². The lowest BCUT2D eigenvalue weighted by Gasteiger charge is -2.20. The smallest absolute Gasteiger partial charge is 0.404 e. The summed E-state index contributed by atoms with van der Waals surface area (Å²) >= 11 is 6.43. The number of nitrogens with one attached hydrogen (secondary N) is 1. The van der Waals surface area contributed by atoms with Gasteiger partial charge in [-0.3, -0.25) is 9.78 Å². The van der Waals surface area contributed by atoms with Crippen molar-refractivity contribution in [3.8, 4) is 5.75 Å². The normalized spacial score (nSPS) is 12.5. The number of ether oxygens (including phenoxy) is 1. The Balaban J connectivity index is 1.99. The van der Waals surface area contributed by atoms with E-state index in [1.807, 2.05) is 13.8 Å². The standard InChI is InChI=1S/C20H22ClN3O4/c1-11(2)6-12(23-20(26)27)10-28-18-8-17-14(7-16(18)21)13-4-5-22-9-15(13)19(25)24(17)3/h4-5,7-9,11-12,23H,6,10H2,1-3H3,(H,26,27). The average Bonchev–Trinajstić information content (AvgIpc) is 2.63. The number of hydrogen-bond donors (Lipinski definition) is 2. The SMILES string of the molecule is CC(C)CC(COc1cc2c(cc1Cl)c1ccncc1c(=O)n2C)NC(=O)O. The van der Waals surface area contributed by atoms with Gasteiger partial charge in [-0.25, -0.2) is 4.79 Å². The summed E-state index contributed by atoms with van der Waals surface area (Å²) in [7, 11) is 1.68. The third kappa shape index (κ3) is 4.04. The lowest BCUT2D eigenvalue weighted by atomic mass is 10.0. The van der Waals surface area contributed by atoms with E-state index in [0.717, 1.165) is 10.8 Å². The molecule has 1 atom stereocenters. The number of fused-ring (bicyclic) bond motifs is 3. The summed E-state index contributed by atoms with van der Waals surface area (Å²) in [6, 6.07) is 4.89. The van der Waals surface area contributed by atoms with Crippen molar-refractivity contribution in [2.24, 2.45) is 13.0 Å². The first-order valence-electron chi connectivity index (χ1n) is 8.96. The Morgan fingerprint density at radius 2 is 2.07 bits per heavy atom. The first-order chi connectivity index (χ1) is 13.3. The molecular weight excluding hydrogens is 382 g/mol. The summed E-state index contributed by atoms with van der Waals surface area (Å²) in [4.78, 5) is 27.7. The Bertz CT molecular complexity index is 1090. The maximum absolute atomic E-state index is 12.6. The van der Waals surface area contributed by atoms with Crippen molar-refractivity contribution in [3.05, 3.63) is 46.0 Å². The predicted octanol–water partition coefficient (Wildman–Crippen LogP) is 3.80. The highest BCUT2D eigenvalue weighted by molar-refractivity contribution is 6.33. The number of carboxylic acid groups (broad SMARTS) is 1. The van der Waals surface area contributed by atoms with Crippen LogP contribution in [-0.4, -0.2) is 33.4 Å². The maximum Gasteiger partial charge on any atom is 0.404 e. The summed E-state index contributed by atoms with van der Waals surface area (Å²) in [6.07, 6.45) is 2.71. The van der Waals surface area contributed by atoms with Gasteiger partial charge in [-0.2, -0.15) is 0 Å². The van der Waals surface area contributed by atoms with E-state index in [-0.39, 0.29) is 18.2 Å². The van der Waals surface area contributed by atoms with Crippen LogP contribution < -0.4 is 15.6 Å². The van der Waals surface area contributed by atoms with Crippen LogP contribution in [0.15, 0.2) is 35.4 Å². The second-order valence-corrected chi connectivity index (χ2v) is 7.58. The minimum Gasteiger partial charge on any atom is -0.490 e. The lowest BCUT2D eigenvalue weighted by molar-refractivity contribution is 0.176. The predicted molar refractivity (Wildman–Crippen MR) is 109 cm³/mol. The van der Waals surface area contributed by atoms with Crippen molar-refractivity contribution in [1.82, 2.24) is 14.9 Å². The van der Waals surface area contributed by atoms with E-state index in [2.05, 4.69) is 10.3 Å². The minimum absolute atomic E-state index is 0.140. The number of halogens is 1. The van der Waals surface area contributed by atoms with Crippen LogP contribution in [0.2, 0.25) is 5.02 Å². The fraction of sp³-hybridized carbons (Fsp3) is 0.350. The molecule has 3 aromatic rings. The summed E-state index contributed by atoms with van der Waals surface area (Å²) < 4.78 is 7.36. The number of hydrogen-bond acceptors (Lipinski definition) is 4. The third-order valence-corrected chi connectivity index (χ3v) is 4.88. The summed E-state index contributed by atoms with van der Waals surface area (Å²) in [5.74, 6) is 0.701. The fourth-order valence-corrected chi connectivity index (χ4v) is 3.56. The Morgan fingerprint density at radius 1 is 1.32 bits per heavy atom. The second-order valence-electron chi connectivity index (χ2n) is 7.17. The molecule has 0 fully saturated rings. The van der Waals surface area contributed by atoms with Gasteiger partial charge in [0.1, 0.15) is 12.4 Å². The largest absolute Gasteiger partial charge is 0.490 e. The van der Waals surface area contributed by atoms with E-state index in [9.17, 15) is 9.59 Å². The average molecular weight is 404 g/mol. The van der Waals surface area contributed by atoms with Crippen molar-refractivity contribution in [2.75, 3.05) is 6.61 Å². The highest BCUT2D eigenvalue weighted by atomic mass is 35.5. The highest BCUT2D eigenvalue weighted by Gasteiger charge is 2.17. The van der Waals surface area contributed by atoms with Crippen molar-refractivity contribution in [3.63, 3.8) is 0 Å². The molecule has 0 aliphatic carbocycles. The molecule has 0 bridgehead atoms. The molecule has 8 heteroatoms. The Kier molecular flexibility index (Phi) is 5.74. The zero-order valence-electron chi connectivity index (χ0n) is 15.9. The molecular formula is C20H22ClN3O4. The quantitative estimate of drug-likeness (QED) is 0.610. The van der Waals surface area contributed by atoms with E-state index in [1.165, 1.54) is 4.57 Å². The lowest BCUT2D eigenvalue weighted by Crippen LogP contribution is -2.39. The molecule has 3 rings (SSSR count). The molecule has 0 saturated heterocycles. The van der Waals surface area contributed by atoms with E-state index in [4.69, 9.17) is 21.4 Å². The molecule has 2 N–H and O–H groups in total. The van der Waals surface area contributed by atoms with Gasteiger partial charge in [-0.15, -0.1) is 0 Å². The van der Waals surface area contributed by atoms with E-state index in [0.29, 0.717) is 34.0 Å². The zero-order valence-corrected chi connectivity index (χ0v) is 16.7. The van der Waals surface area contributed by atoms with Crippen molar-refractivity contribution >= 4 is 39.4 Å². The van der Waals surface area contributed by atoms with Crippen molar-refractivity contribution < 1.29 is 14.6 Å². The van der Waals surface area contributed by atoms with Gasteiger partial charge in [0.15, 0.2) is 0 Å². The second kappa shape index (κ2) is 8.06. The van der Waals surface area contributed by atoms with Gasteiger partial charge in [0, 0.05) is 30.9 Å². The molecule has 0 saturated carbocycles. The monoisotopic (exact) mass is 403 g/mol. The van der Waals surface area contributed by atoms with Crippen molar-refractivity contribution in [1.29, 1.82) is 0 Å².